The molecule has 1 heterocycles. The molecular formula is C22H17ClN2O3. The van der Waals surface area contributed by atoms with E-state index < -0.39 is 5.72 Å². The Hall–Kier alpha value is -3.02. The van der Waals surface area contributed by atoms with E-state index in [9.17, 15) is 14.8 Å². The summed E-state index contributed by atoms with van der Waals surface area (Å²) in [5.41, 5.74) is 1.97. The van der Waals surface area contributed by atoms with Crippen molar-refractivity contribution in [3.8, 4) is 0 Å². The van der Waals surface area contributed by atoms with E-state index in [0.29, 0.717) is 27.4 Å². The molecule has 0 saturated carbocycles. The molecule has 1 unspecified atom stereocenters. The number of carbonyl (C=O) groups excluding carboxylic acids is 1. The van der Waals surface area contributed by atoms with Gasteiger partial charge in [0.05, 0.1) is 0 Å². The minimum absolute atomic E-state index is 0.171. The molecule has 4 rings (SSSR count). The van der Waals surface area contributed by atoms with Gasteiger partial charge in [0.1, 0.15) is 5.69 Å². The number of nitrogens with zero attached hydrogens (tertiary/aromatic N) is 2. The van der Waals surface area contributed by atoms with Gasteiger partial charge in [0.2, 0.25) is 0 Å². The van der Waals surface area contributed by atoms with Gasteiger partial charge in [-0.15, -0.1) is 4.91 Å². The molecule has 1 N–H and O–H groups in total. The van der Waals surface area contributed by atoms with Crippen LogP contribution in [0.1, 0.15) is 32.6 Å². The molecule has 0 spiro atoms. The molecule has 140 valence electrons. The molecule has 3 aromatic carbocycles. The lowest BCUT2D eigenvalue weighted by atomic mass is 9.93. The normalized spacial score (nSPS) is 18.2. The van der Waals surface area contributed by atoms with Crippen LogP contribution in [0.2, 0.25) is 5.02 Å². The van der Waals surface area contributed by atoms with Crippen LogP contribution in [-0.2, 0) is 12.3 Å². The van der Waals surface area contributed by atoms with E-state index in [1.165, 1.54) is 4.90 Å². The summed E-state index contributed by atoms with van der Waals surface area (Å²) >= 11 is 6.01. The maximum Gasteiger partial charge on any atom is 0.257 e. The topological polar surface area (TPSA) is 70.0 Å². The van der Waals surface area contributed by atoms with Gasteiger partial charge in [-0.05, 0) is 48.0 Å². The van der Waals surface area contributed by atoms with Gasteiger partial charge < -0.3 is 5.11 Å². The zero-order chi connectivity index (χ0) is 19.9. The van der Waals surface area contributed by atoms with Crippen molar-refractivity contribution in [3.05, 3.63) is 104 Å². The molecule has 5 nitrogen and oxygen atoms in total. The minimum atomic E-state index is -1.62. The molecule has 1 aliphatic rings. The molecule has 0 radical (unpaired) electrons. The molecule has 0 aromatic heterocycles. The number of halogens is 1. The van der Waals surface area contributed by atoms with Gasteiger partial charge >= 0.3 is 0 Å². The summed E-state index contributed by atoms with van der Waals surface area (Å²) in [5.74, 6) is -0.256. The average molecular weight is 393 g/mol. The summed E-state index contributed by atoms with van der Waals surface area (Å²) < 4.78 is 0. The fraction of sp³-hybridized carbons (Fsp3) is 0.136. The number of fused-ring (bicyclic) bond motifs is 1. The van der Waals surface area contributed by atoms with Crippen molar-refractivity contribution in [2.24, 2.45) is 5.18 Å². The lowest BCUT2D eigenvalue weighted by molar-refractivity contribution is -0.0542. The average Bonchev–Trinajstić information content (AvgIpc) is 2.91. The van der Waals surface area contributed by atoms with Crippen LogP contribution >= 0.6 is 11.6 Å². The van der Waals surface area contributed by atoms with Crippen molar-refractivity contribution in [3.63, 3.8) is 0 Å². The second-order valence-electron chi connectivity index (χ2n) is 6.88. The van der Waals surface area contributed by atoms with Crippen LogP contribution < -0.4 is 0 Å². The van der Waals surface area contributed by atoms with Crippen LogP contribution in [0.15, 0.2) is 71.9 Å². The van der Waals surface area contributed by atoms with Crippen LogP contribution in [0.3, 0.4) is 0 Å². The first-order valence-electron chi connectivity index (χ1n) is 8.77. The van der Waals surface area contributed by atoms with Crippen molar-refractivity contribution >= 4 is 23.2 Å². The molecule has 0 saturated heterocycles. The summed E-state index contributed by atoms with van der Waals surface area (Å²) in [5, 5.41) is 15.2. The van der Waals surface area contributed by atoms with E-state index >= 15 is 0 Å². The number of nitroso groups, excluding NO2 is 1. The summed E-state index contributed by atoms with van der Waals surface area (Å²) in [6.45, 7) is 2.08. The van der Waals surface area contributed by atoms with Crippen molar-refractivity contribution < 1.29 is 9.90 Å². The predicted molar refractivity (Wildman–Crippen MR) is 107 cm³/mol. The predicted octanol–water partition coefficient (Wildman–Crippen LogP) is 4.90. The Bertz CT molecular complexity index is 1060. The second-order valence-corrected chi connectivity index (χ2v) is 7.31. The largest absolute Gasteiger partial charge is 0.363 e. The summed E-state index contributed by atoms with van der Waals surface area (Å²) in [7, 11) is 0. The first-order chi connectivity index (χ1) is 13.4. The Balaban J connectivity index is 1.83. The summed E-state index contributed by atoms with van der Waals surface area (Å²) in [6.07, 6.45) is 0. The standard InChI is InChI=1S/C22H17ClN2O3/c1-14-2-11-20-19(12-14)21(26)25(13-15-3-9-18(24-28)10-4-15)22(20,27)16-5-7-17(23)8-6-16/h2-12,27H,13H2,1H3. The lowest BCUT2D eigenvalue weighted by Crippen LogP contribution is -2.44. The Morgan fingerprint density at radius 3 is 2.36 bits per heavy atom. The smallest absolute Gasteiger partial charge is 0.257 e. The molecule has 1 aliphatic heterocycles. The van der Waals surface area contributed by atoms with Gasteiger partial charge in [-0.25, -0.2) is 0 Å². The zero-order valence-corrected chi connectivity index (χ0v) is 15.8. The highest BCUT2D eigenvalue weighted by Crippen LogP contribution is 2.43. The first kappa shape index (κ1) is 18.3. The number of rotatable bonds is 4. The van der Waals surface area contributed by atoms with Gasteiger partial charge in [-0.3, -0.25) is 9.69 Å². The molecule has 0 aliphatic carbocycles. The van der Waals surface area contributed by atoms with E-state index in [2.05, 4.69) is 5.18 Å². The van der Waals surface area contributed by atoms with Gasteiger partial charge in [0.15, 0.2) is 5.72 Å². The van der Waals surface area contributed by atoms with Crippen LogP contribution in [0.5, 0.6) is 0 Å². The SMILES string of the molecule is Cc1ccc2c(c1)C(=O)N(Cc1ccc(N=O)cc1)C2(O)c1ccc(Cl)cc1. The molecule has 6 heteroatoms. The van der Waals surface area contributed by atoms with Gasteiger partial charge in [0.25, 0.3) is 5.91 Å². The third-order valence-corrected chi connectivity index (χ3v) is 5.30. The Morgan fingerprint density at radius 1 is 1.04 bits per heavy atom. The first-order valence-corrected chi connectivity index (χ1v) is 9.15. The maximum absolute atomic E-state index is 13.2. The molecule has 1 amide bonds. The molecule has 3 aromatic rings. The van der Waals surface area contributed by atoms with Crippen molar-refractivity contribution in [2.45, 2.75) is 19.2 Å². The van der Waals surface area contributed by atoms with Crippen molar-refractivity contribution in [1.29, 1.82) is 0 Å². The van der Waals surface area contributed by atoms with E-state index in [1.54, 1.807) is 60.7 Å². The number of aryl methyl sites for hydroxylation is 1. The zero-order valence-electron chi connectivity index (χ0n) is 15.1. The summed E-state index contributed by atoms with van der Waals surface area (Å²) in [4.78, 5) is 25.3. The van der Waals surface area contributed by atoms with Crippen LogP contribution in [-0.4, -0.2) is 15.9 Å². The Labute approximate surface area is 167 Å². The number of carbonyl (C=O) groups is 1. The fourth-order valence-electron chi connectivity index (χ4n) is 3.60. The van der Waals surface area contributed by atoms with Gasteiger partial charge in [-0.2, -0.15) is 0 Å². The van der Waals surface area contributed by atoms with Gasteiger partial charge in [0, 0.05) is 28.3 Å². The third-order valence-electron chi connectivity index (χ3n) is 5.05. The highest BCUT2D eigenvalue weighted by molar-refractivity contribution is 6.30. The highest BCUT2D eigenvalue weighted by atomic mass is 35.5. The number of aliphatic hydroxyl groups is 1. The molecular weight excluding hydrogens is 376 g/mol. The van der Waals surface area contributed by atoms with Crippen molar-refractivity contribution in [2.75, 3.05) is 0 Å². The lowest BCUT2D eigenvalue weighted by Gasteiger charge is -2.35. The van der Waals surface area contributed by atoms with Gasteiger partial charge in [-0.1, -0.05) is 53.6 Å². The third kappa shape index (κ3) is 2.89. The van der Waals surface area contributed by atoms with E-state index in [-0.39, 0.29) is 12.5 Å². The quantitative estimate of drug-likeness (QED) is 0.642. The molecule has 1 atom stereocenters. The van der Waals surface area contributed by atoms with Crippen LogP contribution in [0.25, 0.3) is 0 Å². The van der Waals surface area contributed by atoms with Crippen LogP contribution in [0.4, 0.5) is 5.69 Å². The number of amides is 1. The Morgan fingerprint density at radius 2 is 1.71 bits per heavy atom. The van der Waals surface area contributed by atoms with Crippen molar-refractivity contribution in [1.82, 2.24) is 4.90 Å². The monoisotopic (exact) mass is 392 g/mol. The highest BCUT2D eigenvalue weighted by Gasteiger charge is 2.49. The number of hydrogen-bond acceptors (Lipinski definition) is 4. The minimum Gasteiger partial charge on any atom is -0.363 e. The molecule has 0 bridgehead atoms. The Kier molecular flexibility index (Phi) is 4.49. The van der Waals surface area contributed by atoms with Crippen LogP contribution in [0, 0.1) is 11.8 Å². The van der Waals surface area contributed by atoms with E-state index in [0.717, 1.165) is 11.1 Å². The number of hydrogen-bond donors (Lipinski definition) is 1. The molecule has 0 fully saturated rings. The second kappa shape index (κ2) is 6.86. The van der Waals surface area contributed by atoms with E-state index in [4.69, 9.17) is 11.6 Å². The summed E-state index contributed by atoms with van der Waals surface area (Å²) in [6, 6.07) is 18.9. The van der Waals surface area contributed by atoms with E-state index in [1.807, 2.05) is 13.0 Å². The fourth-order valence-corrected chi connectivity index (χ4v) is 3.73. The number of benzene rings is 3. The maximum atomic E-state index is 13.2. The molecule has 28 heavy (non-hydrogen) atoms.